The summed E-state index contributed by atoms with van der Waals surface area (Å²) in [5.41, 5.74) is 25.1. The maximum absolute atomic E-state index is 2.82. The number of rotatable bonds is 5. The van der Waals surface area contributed by atoms with E-state index in [1.165, 1.54) is 118 Å². The number of fused-ring (bicyclic) bond motifs is 7. The van der Waals surface area contributed by atoms with E-state index >= 15 is 0 Å². The van der Waals surface area contributed by atoms with Gasteiger partial charge < -0.3 is 14.7 Å². The first kappa shape index (κ1) is 51.0. The van der Waals surface area contributed by atoms with Gasteiger partial charge in [0.1, 0.15) is 0 Å². The van der Waals surface area contributed by atoms with Gasteiger partial charge in [0.2, 0.25) is 0 Å². The van der Waals surface area contributed by atoms with E-state index in [-0.39, 0.29) is 44.7 Å². The Morgan fingerprint density at radius 3 is 1.52 bits per heavy atom. The Morgan fingerprint density at radius 1 is 0.403 bits per heavy atom. The van der Waals surface area contributed by atoms with Gasteiger partial charge in [-0.15, -0.1) is 0 Å². The number of hydrogen-bond donors (Lipinski definition) is 0. The second-order valence-corrected chi connectivity index (χ2v) is 28.1. The average Bonchev–Trinajstić information content (AvgIpc) is 3.91. The molecule has 2 unspecified atom stereocenters. The van der Waals surface area contributed by atoms with Crippen molar-refractivity contribution in [2.75, 3.05) is 14.7 Å². The van der Waals surface area contributed by atoms with Crippen molar-refractivity contribution in [3.05, 3.63) is 198 Å². The fourth-order valence-corrected chi connectivity index (χ4v) is 14.6. The van der Waals surface area contributed by atoms with Crippen LogP contribution in [0.1, 0.15) is 145 Å². The van der Waals surface area contributed by atoms with Crippen molar-refractivity contribution in [2.24, 2.45) is 10.8 Å². The first-order valence-electron chi connectivity index (χ1n) is 28.6. The van der Waals surface area contributed by atoms with Crippen LogP contribution >= 0.6 is 0 Å². The number of aryl methyl sites for hydroxylation is 1. The molecule has 0 radical (unpaired) electrons. The molecule has 0 bridgehead atoms. The van der Waals surface area contributed by atoms with Gasteiger partial charge in [-0.3, -0.25) is 0 Å². The molecule has 8 aromatic carbocycles. The lowest BCUT2D eigenvalue weighted by Gasteiger charge is -2.65. The van der Waals surface area contributed by atoms with Crippen molar-refractivity contribution in [2.45, 2.75) is 151 Å². The highest BCUT2D eigenvalue weighted by molar-refractivity contribution is 7.00. The Labute approximate surface area is 462 Å². The summed E-state index contributed by atoms with van der Waals surface area (Å²) in [6, 6.07) is 66.1. The molecule has 3 heterocycles. The number of benzene rings is 8. The lowest BCUT2D eigenvalue weighted by Crippen LogP contribution is -2.69. The maximum Gasteiger partial charge on any atom is 0.252 e. The van der Waals surface area contributed by atoms with E-state index < -0.39 is 0 Å². The van der Waals surface area contributed by atoms with Crippen LogP contribution in [0.5, 0.6) is 0 Å². The molecular formula is C73H80BN3. The van der Waals surface area contributed by atoms with Gasteiger partial charge in [-0.25, -0.2) is 0 Å². The van der Waals surface area contributed by atoms with Gasteiger partial charge in [0.15, 0.2) is 0 Å². The Hall–Kier alpha value is -6.78. The zero-order valence-corrected chi connectivity index (χ0v) is 49.0. The second kappa shape index (κ2) is 17.1. The molecule has 4 heteroatoms. The summed E-state index contributed by atoms with van der Waals surface area (Å²) in [6.45, 7) is 38.8. The van der Waals surface area contributed by atoms with Gasteiger partial charge in [-0.05, 0) is 175 Å². The van der Waals surface area contributed by atoms with Crippen molar-refractivity contribution >= 4 is 68.6 Å². The third-order valence-electron chi connectivity index (χ3n) is 19.9. The number of nitrogens with zero attached hydrogens (tertiary/aromatic N) is 3. The quantitative estimate of drug-likeness (QED) is 0.159. The van der Waals surface area contributed by atoms with Crippen molar-refractivity contribution in [1.29, 1.82) is 0 Å². The number of anilines is 8. The third kappa shape index (κ3) is 7.57. The van der Waals surface area contributed by atoms with Crippen molar-refractivity contribution in [1.82, 2.24) is 0 Å². The molecule has 0 saturated heterocycles. The van der Waals surface area contributed by atoms with Crippen LogP contribution in [-0.2, 0) is 21.7 Å². The molecular weight excluding hydrogens is 930 g/mol. The van der Waals surface area contributed by atoms with E-state index in [4.69, 9.17) is 0 Å². The van der Waals surface area contributed by atoms with Crippen LogP contribution in [0.15, 0.2) is 170 Å². The molecule has 3 aliphatic heterocycles. The SMILES string of the molecule is Cc1cc2c3c(c1)N(c1ccc(C(C)(C)C)cc1-c1ccccc1)c1cc(-c4ccccc4)ccc1B3c1ccc(N3c4ccc(C(C)(C)C)cc4C4(C)C(C)(C)CCC(C)(C)C34C)cc1N2c1ccc(C(C)(C)C)cc1. The summed E-state index contributed by atoms with van der Waals surface area (Å²) < 4.78 is 0. The Morgan fingerprint density at radius 2 is 0.909 bits per heavy atom. The smallest absolute Gasteiger partial charge is 0.252 e. The monoisotopic (exact) mass is 1010 g/mol. The summed E-state index contributed by atoms with van der Waals surface area (Å²) in [5.74, 6) is 0. The van der Waals surface area contributed by atoms with Crippen molar-refractivity contribution < 1.29 is 0 Å². The molecule has 77 heavy (non-hydrogen) atoms. The Bertz CT molecular complexity index is 3640. The van der Waals surface area contributed by atoms with Crippen LogP contribution < -0.4 is 31.1 Å². The summed E-state index contributed by atoms with van der Waals surface area (Å²) >= 11 is 0. The average molecular weight is 1010 g/mol. The molecule has 1 fully saturated rings. The molecule has 390 valence electrons. The molecule has 0 aromatic heterocycles. The topological polar surface area (TPSA) is 9.72 Å². The number of hydrogen-bond acceptors (Lipinski definition) is 3. The van der Waals surface area contributed by atoms with E-state index in [2.05, 4.69) is 295 Å². The van der Waals surface area contributed by atoms with Crippen LogP contribution in [0.25, 0.3) is 22.3 Å². The molecule has 1 aliphatic carbocycles. The Balaban J connectivity index is 1.16. The zero-order valence-electron chi connectivity index (χ0n) is 49.0. The molecule has 2 atom stereocenters. The predicted molar refractivity (Wildman–Crippen MR) is 333 cm³/mol. The van der Waals surface area contributed by atoms with Crippen molar-refractivity contribution in [3.63, 3.8) is 0 Å². The minimum absolute atomic E-state index is 0.0128. The minimum Gasteiger partial charge on any atom is -0.334 e. The second-order valence-electron chi connectivity index (χ2n) is 28.1. The van der Waals surface area contributed by atoms with Gasteiger partial charge in [0.05, 0.1) is 11.2 Å². The molecule has 12 rings (SSSR count). The fraction of sp³-hybridized carbons (Fsp3) is 0.342. The van der Waals surface area contributed by atoms with E-state index in [0.717, 1.165) is 6.42 Å². The zero-order chi connectivity index (χ0) is 54.6. The lowest BCUT2D eigenvalue weighted by atomic mass is 9.33. The molecule has 0 spiro atoms. The van der Waals surface area contributed by atoms with E-state index in [0.29, 0.717) is 0 Å². The highest BCUT2D eigenvalue weighted by Gasteiger charge is 2.70. The van der Waals surface area contributed by atoms with E-state index in [1.54, 1.807) is 0 Å². The van der Waals surface area contributed by atoms with Crippen LogP contribution in [0, 0.1) is 17.8 Å². The van der Waals surface area contributed by atoms with E-state index in [1.807, 2.05) is 0 Å². The lowest BCUT2D eigenvalue weighted by molar-refractivity contribution is -0.0415. The summed E-state index contributed by atoms with van der Waals surface area (Å²) in [6.07, 6.45) is 2.33. The predicted octanol–water partition coefficient (Wildman–Crippen LogP) is 18.3. The summed E-state index contributed by atoms with van der Waals surface area (Å²) in [4.78, 5) is 8.08. The molecule has 0 amide bonds. The van der Waals surface area contributed by atoms with Gasteiger partial charge in [0, 0.05) is 50.8 Å². The van der Waals surface area contributed by atoms with E-state index in [9.17, 15) is 0 Å². The standard InChI is InChI=1S/C73H80BN3/c1-47-41-64-66-65(42-47)76(60-37-30-52(68(5,6)7)44-56(60)49-25-21-18-22-26-49)62-43-50(48-23-19-17-20-24-48)27-35-58(62)74(66)59-36-34-55(46-63(59)75(64)54-32-28-51(29-33-54)67(2,3)4)77-61-38-31-53(69(8,9)10)45-57(61)72(15)70(11,12)39-40-71(13,14)73(72,77)16/h17-38,41-46H,39-40H2,1-16H3. The molecule has 3 nitrogen and oxygen atoms in total. The first-order chi connectivity index (χ1) is 36.2. The van der Waals surface area contributed by atoms with Crippen LogP contribution in [-0.4, -0.2) is 12.3 Å². The third-order valence-corrected chi connectivity index (χ3v) is 19.9. The maximum atomic E-state index is 2.82. The largest absolute Gasteiger partial charge is 0.334 e. The van der Waals surface area contributed by atoms with Gasteiger partial charge in [-0.2, -0.15) is 0 Å². The van der Waals surface area contributed by atoms with Crippen LogP contribution in [0.2, 0.25) is 0 Å². The summed E-state index contributed by atoms with van der Waals surface area (Å²) in [7, 11) is 0. The molecule has 1 saturated carbocycles. The van der Waals surface area contributed by atoms with Crippen LogP contribution in [0.3, 0.4) is 0 Å². The highest BCUT2D eigenvalue weighted by atomic mass is 15.3. The van der Waals surface area contributed by atoms with Crippen molar-refractivity contribution in [3.8, 4) is 22.3 Å². The van der Waals surface area contributed by atoms with Gasteiger partial charge >= 0.3 is 0 Å². The van der Waals surface area contributed by atoms with Gasteiger partial charge in [0.25, 0.3) is 6.71 Å². The van der Waals surface area contributed by atoms with Gasteiger partial charge in [-0.1, -0.05) is 206 Å². The first-order valence-corrected chi connectivity index (χ1v) is 28.6. The normalized spacial score (nSPS) is 20.1. The molecule has 0 N–H and O–H groups in total. The molecule has 4 aliphatic rings. The van der Waals surface area contributed by atoms with Crippen LogP contribution in [0.4, 0.5) is 45.5 Å². The highest BCUT2D eigenvalue weighted by Crippen LogP contribution is 2.71. The molecule has 8 aromatic rings. The minimum atomic E-state index is -0.255. The fourth-order valence-electron chi connectivity index (χ4n) is 14.6. The Kier molecular flexibility index (Phi) is 11.3. The summed E-state index contributed by atoms with van der Waals surface area (Å²) in [5, 5.41) is 0.